The average Bonchev–Trinajstić information content (AvgIpc) is 2.48. The molecule has 0 aliphatic heterocycles. The molecule has 0 unspecified atom stereocenters. The van der Waals surface area contributed by atoms with E-state index in [0.717, 1.165) is 16.0 Å². The zero-order valence-electron chi connectivity index (χ0n) is 11.4. The van der Waals surface area contributed by atoms with Gasteiger partial charge in [0.05, 0.1) is 6.61 Å². The van der Waals surface area contributed by atoms with Crippen molar-refractivity contribution in [3.8, 4) is 16.9 Å². The van der Waals surface area contributed by atoms with Crippen LogP contribution in [0.15, 0.2) is 47.4 Å². The highest BCUT2D eigenvalue weighted by Gasteiger charge is 2.12. The van der Waals surface area contributed by atoms with Gasteiger partial charge in [-0.2, -0.15) is 0 Å². The molecule has 0 heterocycles. The minimum absolute atomic E-state index is 0.193. The summed E-state index contributed by atoms with van der Waals surface area (Å²) in [6, 6.07) is 13.3. The molecule has 0 saturated carbocycles. The first-order valence-electron chi connectivity index (χ1n) is 6.30. The molecule has 0 spiro atoms. The highest BCUT2D eigenvalue weighted by Crippen LogP contribution is 2.29. The minimum atomic E-state index is -0.976. The number of aromatic carboxylic acids is 1. The van der Waals surface area contributed by atoms with Crippen LogP contribution in [-0.2, 0) is 0 Å². The van der Waals surface area contributed by atoms with E-state index >= 15 is 0 Å². The molecule has 0 aliphatic rings. The van der Waals surface area contributed by atoms with Crippen LogP contribution in [-0.4, -0.2) is 23.9 Å². The van der Waals surface area contributed by atoms with E-state index in [2.05, 4.69) is 0 Å². The molecule has 0 aliphatic carbocycles. The van der Waals surface area contributed by atoms with E-state index in [1.807, 2.05) is 43.5 Å². The fourth-order valence-corrected chi connectivity index (χ4v) is 2.42. The van der Waals surface area contributed by atoms with E-state index in [-0.39, 0.29) is 5.56 Å². The monoisotopic (exact) mass is 288 g/mol. The summed E-state index contributed by atoms with van der Waals surface area (Å²) in [5, 5.41) is 9.28. The van der Waals surface area contributed by atoms with Crippen LogP contribution >= 0.6 is 11.8 Å². The second kappa shape index (κ2) is 6.48. The maximum atomic E-state index is 11.3. The molecule has 1 N–H and O–H groups in total. The van der Waals surface area contributed by atoms with Gasteiger partial charge in [0, 0.05) is 4.90 Å². The molecule has 2 rings (SSSR count). The molecule has 20 heavy (non-hydrogen) atoms. The topological polar surface area (TPSA) is 46.5 Å². The summed E-state index contributed by atoms with van der Waals surface area (Å²) in [6.45, 7) is 2.28. The number of ether oxygens (including phenoxy) is 1. The molecule has 3 nitrogen and oxygen atoms in total. The van der Waals surface area contributed by atoms with Crippen molar-refractivity contribution in [1.82, 2.24) is 0 Å². The highest BCUT2D eigenvalue weighted by molar-refractivity contribution is 7.98. The Kier molecular flexibility index (Phi) is 4.69. The van der Waals surface area contributed by atoms with Gasteiger partial charge in [0.25, 0.3) is 0 Å². The average molecular weight is 288 g/mol. The zero-order chi connectivity index (χ0) is 14.5. The van der Waals surface area contributed by atoms with Crippen molar-refractivity contribution >= 4 is 17.7 Å². The zero-order valence-corrected chi connectivity index (χ0v) is 12.2. The van der Waals surface area contributed by atoms with Crippen LogP contribution in [0.2, 0.25) is 0 Å². The Hall–Kier alpha value is -1.94. The Labute approximate surface area is 122 Å². The molecule has 2 aromatic carbocycles. The molecule has 0 radical (unpaired) electrons. The van der Waals surface area contributed by atoms with Crippen LogP contribution in [0.1, 0.15) is 17.3 Å². The molecule has 0 amide bonds. The number of hydrogen-bond donors (Lipinski definition) is 1. The van der Waals surface area contributed by atoms with Crippen LogP contribution in [0.5, 0.6) is 5.75 Å². The smallest absolute Gasteiger partial charge is 0.339 e. The van der Waals surface area contributed by atoms with E-state index in [1.165, 1.54) is 0 Å². The summed E-state index contributed by atoms with van der Waals surface area (Å²) in [5.41, 5.74) is 2.07. The van der Waals surface area contributed by atoms with Crippen LogP contribution in [0.3, 0.4) is 0 Å². The second-order valence-corrected chi connectivity index (χ2v) is 5.06. The van der Waals surface area contributed by atoms with Gasteiger partial charge in [-0.3, -0.25) is 0 Å². The Morgan fingerprint density at radius 2 is 1.95 bits per heavy atom. The van der Waals surface area contributed by atoms with E-state index in [4.69, 9.17) is 4.74 Å². The summed E-state index contributed by atoms with van der Waals surface area (Å²) < 4.78 is 5.35. The molecule has 0 bridgehead atoms. The van der Waals surface area contributed by atoms with Gasteiger partial charge >= 0.3 is 5.97 Å². The first-order chi connectivity index (χ1) is 9.65. The molecule has 0 aromatic heterocycles. The van der Waals surface area contributed by atoms with Gasteiger partial charge in [-0.05, 0) is 48.6 Å². The van der Waals surface area contributed by atoms with Crippen molar-refractivity contribution in [3.63, 3.8) is 0 Å². The Bertz CT molecular complexity index is 623. The third-order valence-corrected chi connectivity index (χ3v) is 3.64. The molecule has 104 valence electrons. The van der Waals surface area contributed by atoms with Crippen LogP contribution < -0.4 is 4.74 Å². The number of carbonyl (C=O) groups is 1. The lowest BCUT2D eigenvalue weighted by molar-refractivity contribution is 0.0692. The number of carboxylic acids is 1. The summed E-state index contributed by atoms with van der Waals surface area (Å²) >= 11 is 1.66. The largest absolute Gasteiger partial charge is 0.493 e. The van der Waals surface area contributed by atoms with E-state index in [9.17, 15) is 9.90 Å². The molecule has 4 heteroatoms. The Morgan fingerprint density at radius 3 is 2.60 bits per heavy atom. The second-order valence-electron chi connectivity index (χ2n) is 4.18. The number of rotatable bonds is 5. The van der Waals surface area contributed by atoms with E-state index in [0.29, 0.717) is 12.4 Å². The normalized spacial score (nSPS) is 10.3. The SMILES string of the molecule is CCOc1ccc(-c2cccc(SC)c2)cc1C(=O)O. The van der Waals surface area contributed by atoms with Crippen LogP contribution in [0, 0.1) is 0 Å². The number of hydrogen-bond acceptors (Lipinski definition) is 3. The standard InChI is InChI=1S/C16H16O3S/c1-3-19-15-8-7-12(10-14(15)16(17)18)11-5-4-6-13(9-11)20-2/h4-10H,3H2,1-2H3,(H,17,18). The molecule has 0 saturated heterocycles. The molecule has 0 fully saturated rings. The third kappa shape index (κ3) is 3.14. The maximum Gasteiger partial charge on any atom is 0.339 e. The van der Waals surface area contributed by atoms with Crippen LogP contribution in [0.4, 0.5) is 0 Å². The first-order valence-corrected chi connectivity index (χ1v) is 7.52. The predicted octanol–water partition coefficient (Wildman–Crippen LogP) is 4.17. The Balaban J connectivity index is 2.47. The lowest BCUT2D eigenvalue weighted by Gasteiger charge is -2.10. The van der Waals surface area contributed by atoms with Crippen molar-refractivity contribution in [1.29, 1.82) is 0 Å². The van der Waals surface area contributed by atoms with Crippen LogP contribution in [0.25, 0.3) is 11.1 Å². The van der Waals surface area contributed by atoms with Crippen molar-refractivity contribution in [2.45, 2.75) is 11.8 Å². The molecular weight excluding hydrogens is 272 g/mol. The van der Waals surface area contributed by atoms with Gasteiger partial charge in [-0.25, -0.2) is 4.79 Å². The molecule has 2 aromatic rings. The van der Waals surface area contributed by atoms with Crippen molar-refractivity contribution in [2.75, 3.05) is 12.9 Å². The summed E-state index contributed by atoms with van der Waals surface area (Å²) in [4.78, 5) is 12.5. The van der Waals surface area contributed by atoms with Gasteiger partial charge in [-0.15, -0.1) is 11.8 Å². The van der Waals surface area contributed by atoms with Crippen molar-refractivity contribution < 1.29 is 14.6 Å². The number of thioether (sulfide) groups is 1. The minimum Gasteiger partial charge on any atom is -0.493 e. The van der Waals surface area contributed by atoms with Gasteiger partial charge in [-0.1, -0.05) is 18.2 Å². The van der Waals surface area contributed by atoms with Gasteiger partial charge in [0.1, 0.15) is 11.3 Å². The fraction of sp³-hybridized carbons (Fsp3) is 0.188. The fourth-order valence-electron chi connectivity index (χ4n) is 1.96. The first kappa shape index (κ1) is 14.5. The maximum absolute atomic E-state index is 11.3. The molecule has 0 atom stereocenters. The molecular formula is C16H16O3S. The lowest BCUT2D eigenvalue weighted by Crippen LogP contribution is -2.03. The quantitative estimate of drug-likeness (QED) is 0.839. The summed E-state index contributed by atoms with van der Waals surface area (Å²) in [5.74, 6) is -0.568. The summed E-state index contributed by atoms with van der Waals surface area (Å²) in [6.07, 6.45) is 2.01. The third-order valence-electron chi connectivity index (χ3n) is 2.91. The van der Waals surface area contributed by atoms with Crippen molar-refractivity contribution in [3.05, 3.63) is 48.0 Å². The highest BCUT2D eigenvalue weighted by atomic mass is 32.2. The predicted molar refractivity (Wildman–Crippen MR) is 81.8 cm³/mol. The van der Waals surface area contributed by atoms with E-state index < -0.39 is 5.97 Å². The number of benzene rings is 2. The summed E-state index contributed by atoms with van der Waals surface area (Å²) in [7, 11) is 0. The van der Waals surface area contributed by atoms with E-state index in [1.54, 1.807) is 23.9 Å². The van der Waals surface area contributed by atoms with Crippen molar-refractivity contribution in [2.24, 2.45) is 0 Å². The van der Waals surface area contributed by atoms with Gasteiger partial charge in [0.2, 0.25) is 0 Å². The lowest BCUT2D eigenvalue weighted by atomic mass is 10.0. The van der Waals surface area contributed by atoms with Gasteiger partial charge < -0.3 is 9.84 Å². The van der Waals surface area contributed by atoms with Gasteiger partial charge in [0.15, 0.2) is 0 Å². The Morgan fingerprint density at radius 1 is 1.20 bits per heavy atom. The number of carboxylic acid groups (broad SMARTS) is 1.